The minimum Gasteiger partial charge on any atom is -0.379 e. The molecule has 1 aromatic heterocycles. The van der Waals surface area contributed by atoms with Gasteiger partial charge in [-0.2, -0.15) is 0 Å². The second-order valence-corrected chi connectivity index (χ2v) is 5.91. The van der Waals surface area contributed by atoms with Gasteiger partial charge in [0, 0.05) is 19.6 Å². The Morgan fingerprint density at radius 2 is 1.95 bits per heavy atom. The minimum absolute atomic E-state index is 0.621. The molecule has 0 unspecified atom stereocenters. The Balaban J connectivity index is 1.91. The van der Waals surface area contributed by atoms with Crippen molar-refractivity contribution in [3.63, 3.8) is 0 Å². The van der Waals surface area contributed by atoms with Crippen molar-refractivity contribution in [2.45, 2.75) is 26.9 Å². The van der Waals surface area contributed by atoms with Crippen LogP contribution in [0.1, 0.15) is 19.7 Å². The van der Waals surface area contributed by atoms with Crippen molar-refractivity contribution >= 4 is 11.0 Å². The van der Waals surface area contributed by atoms with Crippen LogP contribution in [0.3, 0.4) is 0 Å². The van der Waals surface area contributed by atoms with E-state index in [-0.39, 0.29) is 0 Å². The summed E-state index contributed by atoms with van der Waals surface area (Å²) in [6.45, 7) is 10.1. The lowest BCUT2D eigenvalue weighted by Gasteiger charge is -2.26. The van der Waals surface area contributed by atoms with Crippen LogP contribution < -0.4 is 0 Å². The Morgan fingerprint density at radius 3 is 2.70 bits per heavy atom. The number of benzene rings is 1. The van der Waals surface area contributed by atoms with Crippen LogP contribution in [0, 0.1) is 5.92 Å². The lowest BCUT2D eigenvalue weighted by molar-refractivity contribution is 0.0326. The van der Waals surface area contributed by atoms with E-state index in [2.05, 4.69) is 47.6 Å². The van der Waals surface area contributed by atoms with E-state index in [0.29, 0.717) is 5.92 Å². The summed E-state index contributed by atoms with van der Waals surface area (Å²) < 4.78 is 7.81. The van der Waals surface area contributed by atoms with Crippen LogP contribution in [-0.4, -0.2) is 40.8 Å². The number of ether oxygens (including phenoxy) is 1. The molecule has 2 aromatic rings. The Morgan fingerprint density at radius 1 is 1.20 bits per heavy atom. The fourth-order valence-electron chi connectivity index (χ4n) is 2.77. The lowest BCUT2D eigenvalue weighted by atomic mass is 10.2. The van der Waals surface area contributed by atoms with Crippen LogP contribution in [0.15, 0.2) is 24.3 Å². The van der Waals surface area contributed by atoms with Crippen LogP contribution in [0.25, 0.3) is 11.0 Å². The average molecular weight is 273 g/mol. The summed E-state index contributed by atoms with van der Waals surface area (Å²) in [7, 11) is 0. The summed E-state index contributed by atoms with van der Waals surface area (Å²) in [6, 6.07) is 8.44. The fraction of sp³-hybridized carbons (Fsp3) is 0.562. The third-order valence-electron chi connectivity index (χ3n) is 3.75. The van der Waals surface area contributed by atoms with Gasteiger partial charge >= 0.3 is 0 Å². The molecule has 0 N–H and O–H groups in total. The maximum absolute atomic E-state index is 5.42. The molecule has 1 saturated heterocycles. The molecular weight excluding hydrogens is 250 g/mol. The van der Waals surface area contributed by atoms with Gasteiger partial charge in [-0.15, -0.1) is 0 Å². The molecule has 4 heteroatoms. The Kier molecular flexibility index (Phi) is 4.03. The number of morpholine rings is 1. The summed E-state index contributed by atoms with van der Waals surface area (Å²) in [6.07, 6.45) is 0. The molecule has 1 fully saturated rings. The zero-order valence-corrected chi connectivity index (χ0v) is 12.4. The molecular formula is C16H23N3O. The van der Waals surface area contributed by atoms with Gasteiger partial charge in [0.05, 0.1) is 30.8 Å². The summed E-state index contributed by atoms with van der Waals surface area (Å²) in [5.74, 6) is 1.80. The maximum Gasteiger partial charge on any atom is 0.124 e. The zero-order valence-electron chi connectivity index (χ0n) is 12.4. The maximum atomic E-state index is 5.42. The molecule has 2 heterocycles. The minimum atomic E-state index is 0.621. The van der Waals surface area contributed by atoms with Gasteiger partial charge in [-0.1, -0.05) is 26.0 Å². The highest BCUT2D eigenvalue weighted by molar-refractivity contribution is 5.75. The summed E-state index contributed by atoms with van der Waals surface area (Å²) in [4.78, 5) is 7.27. The van der Waals surface area contributed by atoms with E-state index in [1.807, 2.05) is 0 Å². The molecule has 1 aliphatic heterocycles. The molecule has 0 spiro atoms. The summed E-state index contributed by atoms with van der Waals surface area (Å²) >= 11 is 0. The topological polar surface area (TPSA) is 30.3 Å². The van der Waals surface area contributed by atoms with Crippen molar-refractivity contribution < 1.29 is 4.74 Å². The lowest BCUT2D eigenvalue weighted by Crippen LogP contribution is -2.36. The Hall–Kier alpha value is -1.39. The Labute approximate surface area is 120 Å². The molecule has 0 radical (unpaired) electrons. The van der Waals surface area contributed by atoms with Gasteiger partial charge in [0.1, 0.15) is 5.82 Å². The highest BCUT2D eigenvalue weighted by Crippen LogP contribution is 2.19. The highest BCUT2D eigenvalue weighted by atomic mass is 16.5. The number of para-hydroxylation sites is 2. The van der Waals surface area contributed by atoms with Crippen LogP contribution in [0.2, 0.25) is 0 Å². The molecule has 1 aliphatic rings. The Bertz CT molecular complexity index is 570. The normalized spacial score (nSPS) is 17.1. The van der Waals surface area contributed by atoms with Crippen molar-refractivity contribution in [3.05, 3.63) is 30.1 Å². The quantitative estimate of drug-likeness (QED) is 0.857. The van der Waals surface area contributed by atoms with Gasteiger partial charge < -0.3 is 9.30 Å². The highest BCUT2D eigenvalue weighted by Gasteiger charge is 2.16. The van der Waals surface area contributed by atoms with E-state index in [1.54, 1.807) is 0 Å². The number of imidazole rings is 1. The fourth-order valence-corrected chi connectivity index (χ4v) is 2.77. The van der Waals surface area contributed by atoms with Gasteiger partial charge in [0.2, 0.25) is 0 Å². The van der Waals surface area contributed by atoms with Crippen LogP contribution in [0.4, 0.5) is 0 Å². The number of fused-ring (bicyclic) bond motifs is 1. The average Bonchev–Trinajstić information content (AvgIpc) is 2.78. The molecule has 0 atom stereocenters. The standard InChI is InChI=1S/C16H23N3O/c1-13(2)11-19-15-6-4-3-5-14(15)17-16(19)12-18-7-9-20-10-8-18/h3-6,13H,7-12H2,1-2H3. The van der Waals surface area contributed by atoms with E-state index in [4.69, 9.17) is 9.72 Å². The largest absolute Gasteiger partial charge is 0.379 e. The SMILES string of the molecule is CC(C)Cn1c(CN2CCOCC2)nc2ccccc21. The molecule has 20 heavy (non-hydrogen) atoms. The number of nitrogens with zero attached hydrogens (tertiary/aromatic N) is 3. The molecule has 0 aliphatic carbocycles. The molecule has 108 valence electrons. The third-order valence-corrected chi connectivity index (χ3v) is 3.75. The predicted octanol–water partition coefficient (Wildman–Crippen LogP) is 2.52. The van der Waals surface area contributed by atoms with E-state index in [0.717, 1.165) is 44.9 Å². The zero-order chi connectivity index (χ0) is 13.9. The van der Waals surface area contributed by atoms with Gasteiger partial charge in [-0.05, 0) is 18.1 Å². The summed E-state index contributed by atoms with van der Waals surface area (Å²) in [5, 5.41) is 0. The van der Waals surface area contributed by atoms with Gasteiger partial charge in [0.15, 0.2) is 0 Å². The first kappa shape index (κ1) is 13.6. The van der Waals surface area contributed by atoms with E-state index >= 15 is 0 Å². The van der Waals surface area contributed by atoms with Crippen LogP contribution in [0.5, 0.6) is 0 Å². The van der Waals surface area contributed by atoms with Crippen LogP contribution >= 0.6 is 0 Å². The monoisotopic (exact) mass is 273 g/mol. The number of hydrogen-bond donors (Lipinski definition) is 0. The molecule has 0 bridgehead atoms. The van der Waals surface area contributed by atoms with Gasteiger partial charge in [-0.25, -0.2) is 4.98 Å². The van der Waals surface area contributed by atoms with Crippen molar-refractivity contribution in [2.24, 2.45) is 5.92 Å². The molecule has 1 aromatic carbocycles. The van der Waals surface area contributed by atoms with Crippen molar-refractivity contribution in [1.82, 2.24) is 14.5 Å². The molecule has 0 saturated carbocycles. The number of hydrogen-bond acceptors (Lipinski definition) is 3. The first-order valence-corrected chi connectivity index (χ1v) is 7.48. The first-order chi connectivity index (χ1) is 9.74. The molecule has 4 nitrogen and oxygen atoms in total. The smallest absolute Gasteiger partial charge is 0.124 e. The van der Waals surface area contributed by atoms with Gasteiger partial charge in [-0.3, -0.25) is 4.90 Å². The predicted molar refractivity (Wildman–Crippen MR) is 80.7 cm³/mol. The van der Waals surface area contributed by atoms with Crippen LogP contribution in [-0.2, 0) is 17.8 Å². The van der Waals surface area contributed by atoms with E-state index in [9.17, 15) is 0 Å². The van der Waals surface area contributed by atoms with Gasteiger partial charge in [0.25, 0.3) is 0 Å². The second kappa shape index (κ2) is 5.94. The van der Waals surface area contributed by atoms with Crippen molar-refractivity contribution in [1.29, 1.82) is 0 Å². The first-order valence-electron chi connectivity index (χ1n) is 7.48. The third kappa shape index (κ3) is 2.86. The molecule has 0 amide bonds. The number of rotatable bonds is 4. The number of aromatic nitrogens is 2. The second-order valence-electron chi connectivity index (χ2n) is 5.91. The van der Waals surface area contributed by atoms with Crippen molar-refractivity contribution in [3.8, 4) is 0 Å². The van der Waals surface area contributed by atoms with E-state index in [1.165, 1.54) is 11.3 Å². The molecule has 3 rings (SSSR count). The summed E-state index contributed by atoms with van der Waals surface area (Å²) in [5.41, 5.74) is 2.36. The van der Waals surface area contributed by atoms with Crippen molar-refractivity contribution in [2.75, 3.05) is 26.3 Å². The van der Waals surface area contributed by atoms with E-state index < -0.39 is 0 Å².